The highest BCUT2D eigenvalue weighted by Crippen LogP contribution is 2.36. The van der Waals surface area contributed by atoms with Crippen LogP contribution in [-0.2, 0) is 20.7 Å². The van der Waals surface area contributed by atoms with Crippen molar-refractivity contribution in [3.8, 4) is 22.1 Å². The largest absolute Gasteiger partial charge is 0.469 e. The van der Waals surface area contributed by atoms with Gasteiger partial charge in [-0.3, -0.25) is 4.18 Å². The summed E-state index contributed by atoms with van der Waals surface area (Å²) >= 11 is 1.49. The Morgan fingerprint density at radius 3 is 2.77 bits per heavy atom. The summed E-state index contributed by atoms with van der Waals surface area (Å²) in [6.45, 7) is 0.0452. The van der Waals surface area contributed by atoms with E-state index in [-0.39, 0.29) is 6.61 Å². The predicted octanol–water partition coefficient (Wildman–Crippen LogP) is 4.31. The van der Waals surface area contributed by atoms with Gasteiger partial charge in [0.05, 0.1) is 29.3 Å². The smallest absolute Gasteiger partial charge is 0.279 e. The van der Waals surface area contributed by atoms with Crippen molar-refractivity contribution in [2.24, 2.45) is 0 Å². The molecule has 4 rings (SSSR count). The van der Waals surface area contributed by atoms with Crippen LogP contribution >= 0.6 is 11.3 Å². The molecule has 6 nitrogen and oxygen atoms in total. The van der Waals surface area contributed by atoms with Crippen LogP contribution in [-0.4, -0.2) is 26.3 Å². The highest BCUT2D eigenvalue weighted by molar-refractivity contribution is 7.85. The minimum atomic E-state index is -3.45. The normalized spacial score (nSPS) is 12.0. The summed E-state index contributed by atoms with van der Waals surface area (Å²) in [5, 5.41) is 0.584. The molecule has 1 aromatic heterocycles. The molecule has 0 fully saturated rings. The molecule has 0 unspecified atom stereocenters. The number of para-hydroxylation sites is 1. The van der Waals surface area contributed by atoms with Gasteiger partial charge >= 0.3 is 0 Å². The Balaban J connectivity index is 1.51. The number of ether oxygens (including phenoxy) is 1. The molecule has 1 aliphatic heterocycles. The van der Waals surface area contributed by atoms with Gasteiger partial charge in [0.2, 0.25) is 0 Å². The van der Waals surface area contributed by atoms with Crippen molar-refractivity contribution in [3.63, 3.8) is 0 Å². The van der Waals surface area contributed by atoms with Crippen molar-refractivity contribution in [1.29, 1.82) is 0 Å². The number of aromatic nitrogens is 1. The van der Waals surface area contributed by atoms with E-state index in [4.69, 9.17) is 13.3 Å². The highest BCUT2D eigenvalue weighted by Gasteiger charge is 2.13. The zero-order valence-electron chi connectivity index (χ0n) is 13.8. The maximum absolute atomic E-state index is 11.0. The molecular formula is C18H15NO5S2. The Morgan fingerprint density at radius 2 is 1.96 bits per heavy atom. The summed E-state index contributed by atoms with van der Waals surface area (Å²) in [4.78, 5) is 4.46. The highest BCUT2D eigenvalue weighted by atomic mass is 32.2. The minimum Gasteiger partial charge on any atom is -0.469 e. The van der Waals surface area contributed by atoms with Crippen LogP contribution < -0.4 is 4.74 Å². The fraction of sp³-hybridized carbons (Fsp3) is 0.167. The van der Waals surface area contributed by atoms with E-state index >= 15 is 0 Å². The Bertz CT molecular complexity index is 1100. The second-order valence-corrected chi connectivity index (χ2v) is 8.41. The number of fused-ring (bicyclic) bond motifs is 2. The summed E-state index contributed by atoms with van der Waals surface area (Å²) < 4.78 is 39.2. The molecule has 8 heteroatoms. The Kier molecular flexibility index (Phi) is 4.39. The van der Waals surface area contributed by atoms with Crippen LogP contribution in [0.25, 0.3) is 21.3 Å². The lowest BCUT2D eigenvalue weighted by Crippen LogP contribution is -2.06. The number of benzene rings is 1. The van der Waals surface area contributed by atoms with Crippen LogP contribution in [0, 0.1) is 0 Å². The van der Waals surface area contributed by atoms with Crippen LogP contribution in [0.15, 0.2) is 53.1 Å². The molecule has 2 heterocycles. The maximum Gasteiger partial charge on any atom is 0.279 e. The van der Waals surface area contributed by atoms with Crippen molar-refractivity contribution < 1.29 is 21.8 Å². The second kappa shape index (κ2) is 6.71. The summed E-state index contributed by atoms with van der Waals surface area (Å²) in [6, 6.07) is 13.5. The van der Waals surface area contributed by atoms with Gasteiger partial charge in [0, 0.05) is 12.0 Å². The summed E-state index contributed by atoms with van der Waals surface area (Å²) in [5.74, 6) is 1.32. The number of nitrogens with zero attached hydrogens (tertiary/aromatic N) is 1. The van der Waals surface area contributed by atoms with Gasteiger partial charge < -0.3 is 9.15 Å². The first-order chi connectivity index (χ1) is 12.5. The van der Waals surface area contributed by atoms with E-state index in [0.29, 0.717) is 23.1 Å². The fourth-order valence-electron chi connectivity index (χ4n) is 2.57. The molecule has 0 radical (unpaired) electrons. The van der Waals surface area contributed by atoms with Crippen LogP contribution in [0.5, 0.6) is 10.9 Å². The van der Waals surface area contributed by atoms with E-state index in [2.05, 4.69) is 4.98 Å². The second-order valence-electron chi connectivity index (χ2n) is 5.77. The van der Waals surface area contributed by atoms with Gasteiger partial charge in [-0.15, -0.1) is 0 Å². The van der Waals surface area contributed by atoms with E-state index in [1.807, 2.05) is 42.5 Å². The molecule has 134 valence electrons. The molecule has 0 amide bonds. The molecule has 0 bridgehead atoms. The number of hydrogen-bond acceptors (Lipinski definition) is 7. The number of rotatable bonds is 6. The van der Waals surface area contributed by atoms with E-state index in [1.54, 1.807) is 6.26 Å². The van der Waals surface area contributed by atoms with Gasteiger partial charge in [-0.25, -0.2) is 4.98 Å². The molecule has 0 saturated heterocycles. The minimum absolute atomic E-state index is 0.0452. The van der Waals surface area contributed by atoms with Crippen molar-refractivity contribution in [3.05, 3.63) is 54.5 Å². The molecule has 0 atom stereocenters. The summed E-state index contributed by atoms with van der Waals surface area (Å²) in [6.07, 6.45) is 3.01. The van der Waals surface area contributed by atoms with Gasteiger partial charge in [0.15, 0.2) is 0 Å². The van der Waals surface area contributed by atoms with E-state index in [0.717, 1.165) is 27.6 Å². The Morgan fingerprint density at radius 1 is 1.15 bits per heavy atom. The third-order valence-electron chi connectivity index (χ3n) is 3.71. The standard InChI is InChI=1S/C18H15NO5S2/c1-26(20,21)23-7-6-14-8-12-9-15(10-13(12)11-22-14)24-18-19-16-4-2-3-5-17(16)25-18/h2-5,8-11H,6-7H2,1H3. The van der Waals surface area contributed by atoms with Crippen molar-refractivity contribution >= 4 is 31.7 Å². The number of hydrogen-bond donors (Lipinski definition) is 0. The van der Waals surface area contributed by atoms with Crippen LogP contribution in [0.3, 0.4) is 0 Å². The first-order valence-corrected chi connectivity index (χ1v) is 10.5. The molecule has 1 aliphatic carbocycles. The Hall–Kier alpha value is -2.42. The van der Waals surface area contributed by atoms with Crippen molar-refractivity contribution in [2.75, 3.05) is 12.9 Å². The lowest BCUT2D eigenvalue weighted by Gasteiger charge is -2.03. The molecule has 0 spiro atoms. The molecule has 0 saturated carbocycles. The van der Waals surface area contributed by atoms with Crippen LogP contribution in [0.2, 0.25) is 0 Å². The molecule has 26 heavy (non-hydrogen) atoms. The van der Waals surface area contributed by atoms with Gasteiger partial charge in [-0.2, -0.15) is 8.42 Å². The lowest BCUT2D eigenvalue weighted by atomic mass is 10.1. The van der Waals surface area contributed by atoms with Crippen LogP contribution in [0.1, 0.15) is 5.76 Å². The monoisotopic (exact) mass is 389 g/mol. The van der Waals surface area contributed by atoms with Gasteiger partial charge in [0.1, 0.15) is 11.5 Å². The third kappa shape index (κ3) is 3.87. The van der Waals surface area contributed by atoms with Gasteiger partial charge in [-0.05, 0) is 35.9 Å². The fourth-order valence-corrected chi connectivity index (χ4v) is 3.79. The Labute approximate surface area is 154 Å². The first-order valence-electron chi connectivity index (χ1n) is 7.85. The molecule has 1 aromatic carbocycles. The predicted molar refractivity (Wildman–Crippen MR) is 99.5 cm³/mol. The lowest BCUT2D eigenvalue weighted by molar-refractivity contribution is 0.312. The average molecular weight is 389 g/mol. The maximum atomic E-state index is 11.0. The zero-order chi connectivity index (χ0) is 18.1. The first kappa shape index (κ1) is 17.0. The SMILES string of the molecule is CS(=O)(=O)OCCc1cc2cc(Oc3nc4ccccc4s3)cc-2co1. The van der Waals surface area contributed by atoms with Crippen LogP contribution in [0.4, 0.5) is 0 Å². The van der Waals surface area contributed by atoms with E-state index in [1.165, 1.54) is 11.3 Å². The number of thiazole rings is 1. The summed E-state index contributed by atoms with van der Waals surface area (Å²) in [7, 11) is -3.45. The molecule has 0 N–H and O–H groups in total. The van der Waals surface area contributed by atoms with E-state index < -0.39 is 10.1 Å². The van der Waals surface area contributed by atoms with Crippen molar-refractivity contribution in [2.45, 2.75) is 6.42 Å². The van der Waals surface area contributed by atoms with Crippen molar-refractivity contribution in [1.82, 2.24) is 4.98 Å². The zero-order valence-corrected chi connectivity index (χ0v) is 15.5. The van der Waals surface area contributed by atoms with Gasteiger partial charge in [0.25, 0.3) is 15.3 Å². The van der Waals surface area contributed by atoms with Gasteiger partial charge in [-0.1, -0.05) is 23.5 Å². The quantitative estimate of drug-likeness (QED) is 0.457. The topological polar surface area (TPSA) is 78.6 Å². The molecule has 2 aliphatic rings. The molecule has 2 aromatic rings. The summed E-state index contributed by atoms with van der Waals surface area (Å²) in [5.41, 5.74) is 2.75. The third-order valence-corrected chi connectivity index (χ3v) is 5.22. The van der Waals surface area contributed by atoms with E-state index in [9.17, 15) is 8.42 Å². The molecular weight excluding hydrogens is 374 g/mol. The average Bonchev–Trinajstić information content (AvgIpc) is 3.15.